The third kappa shape index (κ3) is 5.06. The molecule has 0 spiro atoms. The van der Waals surface area contributed by atoms with Gasteiger partial charge in [0.25, 0.3) is 0 Å². The van der Waals surface area contributed by atoms with E-state index in [-0.39, 0.29) is 11.5 Å². The third-order valence-corrected chi connectivity index (χ3v) is 5.00. The second kappa shape index (κ2) is 8.81. The Bertz CT molecular complexity index is 867. The van der Waals surface area contributed by atoms with Gasteiger partial charge in [-0.2, -0.15) is 8.78 Å². The number of aromatic amines is 1. The zero-order valence-electron chi connectivity index (χ0n) is 13.7. The van der Waals surface area contributed by atoms with Crippen molar-refractivity contribution < 1.29 is 18.3 Å². The largest absolute Gasteiger partial charge is 0.493 e. The first-order valence-corrected chi connectivity index (χ1v) is 9.39. The minimum Gasteiger partial charge on any atom is -0.493 e. The molecular weight excluding hydrogens is 380 g/mol. The molecule has 5 nitrogen and oxygen atoms in total. The van der Waals surface area contributed by atoms with Crippen LogP contribution in [0.3, 0.4) is 0 Å². The molecule has 0 bridgehead atoms. The van der Waals surface area contributed by atoms with Crippen molar-refractivity contribution in [2.45, 2.75) is 17.5 Å². The lowest BCUT2D eigenvalue weighted by atomic mass is 10.2. The standard InChI is InChI=1S/C17H15F2N3O2S2/c1-23-14-9-11(4-6-13(14)24-16(18)19)10-26-17-20-15(21-22-17)7-5-12-3-2-8-25-12/h2-9,16H,10H2,1H3,(H,20,21,22)/b7-5+. The van der Waals surface area contributed by atoms with Crippen LogP contribution in [0.1, 0.15) is 16.3 Å². The maximum atomic E-state index is 12.4. The number of benzene rings is 1. The van der Waals surface area contributed by atoms with E-state index in [9.17, 15) is 8.78 Å². The van der Waals surface area contributed by atoms with Gasteiger partial charge in [0, 0.05) is 10.6 Å². The fraction of sp³-hybridized carbons (Fsp3) is 0.176. The first-order chi connectivity index (χ1) is 12.6. The Kier molecular flexibility index (Phi) is 6.24. The summed E-state index contributed by atoms with van der Waals surface area (Å²) in [6.45, 7) is -2.89. The summed E-state index contributed by atoms with van der Waals surface area (Å²) in [5.74, 6) is 1.50. The lowest BCUT2D eigenvalue weighted by Crippen LogP contribution is -2.03. The average Bonchev–Trinajstić information content (AvgIpc) is 3.30. The Balaban J connectivity index is 1.60. The summed E-state index contributed by atoms with van der Waals surface area (Å²) in [6.07, 6.45) is 3.83. The van der Waals surface area contributed by atoms with E-state index in [4.69, 9.17) is 4.74 Å². The summed E-state index contributed by atoms with van der Waals surface area (Å²) >= 11 is 3.07. The molecule has 1 aromatic carbocycles. The van der Waals surface area contributed by atoms with Crippen LogP contribution in [0.15, 0.2) is 40.9 Å². The van der Waals surface area contributed by atoms with E-state index in [2.05, 4.69) is 19.9 Å². The fourth-order valence-electron chi connectivity index (χ4n) is 2.09. The molecule has 2 heterocycles. The van der Waals surface area contributed by atoms with Gasteiger partial charge in [-0.1, -0.05) is 23.9 Å². The van der Waals surface area contributed by atoms with Crippen molar-refractivity contribution in [3.8, 4) is 11.5 Å². The Labute approximate surface area is 157 Å². The van der Waals surface area contributed by atoms with Crippen LogP contribution < -0.4 is 9.47 Å². The molecule has 0 aliphatic carbocycles. The van der Waals surface area contributed by atoms with E-state index in [1.807, 2.05) is 29.7 Å². The van der Waals surface area contributed by atoms with Crippen LogP contribution in [0.5, 0.6) is 11.5 Å². The first kappa shape index (κ1) is 18.4. The number of halogens is 2. The highest BCUT2D eigenvalue weighted by Crippen LogP contribution is 2.31. The first-order valence-electron chi connectivity index (χ1n) is 7.52. The molecule has 0 saturated carbocycles. The van der Waals surface area contributed by atoms with Crippen LogP contribution in [0.4, 0.5) is 8.78 Å². The second-order valence-electron chi connectivity index (χ2n) is 5.00. The Morgan fingerprint density at radius 2 is 2.15 bits per heavy atom. The number of rotatable bonds is 8. The molecule has 0 radical (unpaired) electrons. The molecule has 1 N–H and O–H groups in total. The van der Waals surface area contributed by atoms with Crippen molar-refractivity contribution in [1.29, 1.82) is 0 Å². The van der Waals surface area contributed by atoms with E-state index in [1.165, 1.54) is 24.9 Å². The van der Waals surface area contributed by atoms with Crippen LogP contribution in [-0.2, 0) is 5.75 Å². The summed E-state index contributed by atoms with van der Waals surface area (Å²) in [6, 6.07) is 8.83. The molecule has 2 aromatic heterocycles. The number of methoxy groups -OCH3 is 1. The van der Waals surface area contributed by atoms with Gasteiger partial charge in [-0.3, -0.25) is 5.10 Å². The molecule has 0 fully saturated rings. The normalized spacial score (nSPS) is 11.4. The predicted octanol–water partition coefficient (Wildman–Crippen LogP) is 4.94. The van der Waals surface area contributed by atoms with Crippen molar-refractivity contribution in [2.75, 3.05) is 7.11 Å². The Morgan fingerprint density at radius 3 is 2.88 bits per heavy atom. The van der Waals surface area contributed by atoms with Crippen LogP contribution in [0.25, 0.3) is 12.2 Å². The van der Waals surface area contributed by atoms with E-state index >= 15 is 0 Å². The number of nitrogens with zero attached hydrogens (tertiary/aromatic N) is 2. The molecule has 3 rings (SSSR count). The Morgan fingerprint density at radius 1 is 1.27 bits per heavy atom. The van der Waals surface area contributed by atoms with Gasteiger partial charge in [0.15, 0.2) is 11.5 Å². The third-order valence-electron chi connectivity index (χ3n) is 3.24. The van der Waals surface area contributed by atoms with Crippen molar-refractivity contribution in [1.82, 2.24) is 15.2 Å². The van der Waals surface area contributed by atoms with Gasteiger partial charge >= 0.3 is 6.61 Å². The number of ether oxygens (including phenoxy) is 2. The van der Waals surface area contributed by atoms with Crippen molar-refractivity contribution in [3.05, 3.63) is 52.0 Å². The van der Waals surface area contributed by atoms with Crippen LogP contribution >= 0.6 is 23.1 Å². The maximum Gasteiger partial charge on any atom is 0.387 e. The van der Waals surface area contributed by atoms with Crippen molar-refractivity contribution in [2.24, 2.45) is 0 Å². The number of thiophene rings is 1. The number of H-pyrrole nitrogens is 1. The number of hydrogen-bond acceptors (Lipinski definition) is 6. The molecule has 0 aliphatic heterocycles. The smallest absolute Gasteiger partial charge is 0.387 e. The van der Waals surface area contributed by atoms with Crippen LogP contribution in [0.2, 0.25) is 0 Å². The number of hydrogen-bond donors (Lipinski definition) is 1. The summed E-state index contributed by atoms with van der Waals surface area (Å²) in [7, 11) is 1.41. The molecule has 3 aromatic rings. The monoisotopic (exact) mass is 395 g/mol. The maximum absolute atomic E-state index is 12.4. The van der Waals surface area contributed by atoms with Crippen molar-refractivity contribution >= 4 is 35.3 Å². The fourth-order valence-corrected chi connectivity index (χ4v) is 3.45. The van der Waals surface area contributed by atoms with Gasteiger partial charge in [-0.25, -0.2) is 4.98 Å². The molecule has 136 valence electrons. The average molecular weight is 395 g/mol. The number of aromatic nitrogens is 3. The predicted molar refractivity (Wildman–Crippen MR) is 98.8 cm³/mol. The molecule has 0 saturated heterocycles. The van der Waals surface area contributed by atoms with E-state index in [0.29, 0.717) is 16.7 Å². The topological polar surface area (TPSA) is 60.0 Å². The highest BCUT2D eigenvalue weighted by molar-refractivity contribution is 7.98. The lowest BCUT2D eigenvalue weighted by molar-refractivity contribution is -0.0512. The van der Waals surface area contributed by atoms with Crippen molar-refractivity contribution in [3.63, 3.8) is 0 Å². The van der Waals surface area contributed by atoms with E-state index in [0.717, 1.165) is 10.4 Å². The highest BCUT2D eigenvalue weighted by Gasteiger charge is 2.11. The second-order valence-corrected chi connectivity index (χ2v) is 6.93. The molecule has 0 amide bonds. The lowest BCUT2D eigenvalue weighted by Gasteiger charge is -2.10. The number of nitrogens with one attached hydrogen (secondary N) is 1. The Hall–Kier alpha value is -2.39. The van der Waals surface area contributed by atoms with Gasteiger partial charge < -0.3 is 9.47 Å². The molecule has 9 heteroatoms. The van der Waals surface area contributed by atoms with Gasteiger partial charge in [0.2, 0.25) is 5.16 Å². The number of alkyl halides is 2. The van der Waals surface area contributed by atoms with Gasteiger partial charge in [-0.15, -0.1) is 16.4 Å². The van der Waals surface area contributed by atoms with Gasteiger partial charge in [-0.05, 0) is 41.3 Å². The summed E-state index contributed by atoms with van der Waals surface area (Å²) in [5.41, 5.74) is 0.883. The molecule has 26 heavy (non-hydrogen) atoms. The molecular formula is C17H15F2N3O2S2. The SMILES string of the molecule is COc1cc(CSc2n[nH]c(/C=C/c3cccs3)n2)ccc1OC(F)F. The summed E-state index contributed by atoms with van der Waals surface area (Å²) in [4.78, 5) is 5.52. The van der Waals surface area contributed by atoms with Crippen LogP contribution in [-0.4, -0.2) is 28.9 Å². The van der Waals surface area contributed by atoms with Crippen LogP contribution in [0, 0.1) is 0 Å². The van der Waals surface area contributed by atoms with Gasteiger partial charge in [0.1, 0.15) is 5.82 Å². The minimum absolute atomic E-state index is 0.00939. The number of thioether (sulfide) groups is 1. The summed E-state index contributed by atoms with van der Waals surface area (Å²) < 4.78 is 34.2. The molecule has 0 unspecified atom stereocenters. The summed E-state index contributed by atoms with van der Waals surface area (Å²) in [5, 5.41) is 9.63. The van der Waals surface area contributed by atoms with Gasteiger partial charge in [0.05, 0.1) is 7.11 Å². The zero-order valence-corrected chi connectivity index (χ0v) is 15.3. The van der Waals surface area contributed by atoms with E-state index < -0.39 is 6.61 Å². The molecule has 0 atom stereocenters. The highest BCUT2D eigenvalue weighted by atomic mass is 32.2. The van der Waals surface area contributed by atoms with E-state index in [1.54, 1.807) is 23.5 Å². The molecule has 0 aliphatic rings. The minimum atomic E-state index is -2.89. The zero-order chi connectivity index (χ0) is 18.4. The quantitative estimate of drug-likeness (QED) is 0.548.